The molecule has 1 fully saturated rings. The first-order chi connectivity index (χ1) is 9.22. The molecule has 0 radical (unpaired) electrons. The van der Waals surface area contributed by atoms with E-state index in [0.29, 0.717) is 12.7 Å². The summed E-state index contributed by atoms with van der Waals surface area (Å²) in [5.74, 6) is 0.850. The van der Waals surface area contributed by atoms with Gasteiger partial charge in [-0.3, -0.25) is 0 Å². The molecule has 0 spiro atoms. The summed E-state index contributed by atoms with van der Waals surface area (Å²) in [6.07, 6.45) is 5.45. The van der Waals surface area contributed by atoms with E-state index in [1.165, 1.54) is 5.56 Å². The Bertz CT molecular complexity index is 444. The Morgan fingerprint density at radius 1 is 1.32 bits per heavy atom. The zero-order chi connectivity index (χ0) is 13.2. The van der Waals surface area contributed by atoms with Crippen molar-refractivity contribution in [2.45, 2.75) is 57.3 Å². The second-order valence-electron chi connectivity index (χ2n) is 5.73. The molecule has 2 unspecified atom stereocenters. The maximum atomic E-state index is 10.0. The molecule has 0 bridgehead atoms. The highest BCUT2D eigenvalue weighted by Crippen LogP contribution is 2.32. The first-order valence-corrected chi connectivity index (χ1v) is 7.31. The standard InChI is InChI=1S/C16H22O3/c1-11-5-7-14(19-11)10-18-13-8-6-12-3-2-4-16(17)15(12)9-13/h6,8-9,11,14,16-17H,2-5,7,10H2,1H3/t11?,14?,16-/m1/s1. The zero-order valence-electron chi connectivity index (χ0n) is 11.5. The monoisotopic (exact) mass is 262 g/mol. The summed E-state index contributed by atoms with van der Waals surface area (Å²) in [5, 5.41) is 10.0. The number of aliphatic hydroxyl groups excluding tert-OH is 1. The van der Waals surface area contributed by atoms with E-state index < -0.39 is 0 Å². The van der Waals surface area contributed by atoms with Crippen molar-refractivity contribution in [3.63, 3.8) is 0 Å². The maximum Gasteiger partial charge on any atom is 0.119 e. The van der Waals surface area contributed by atoms with Crippen LogP contribution in [0.1, 0.15) is 49.8 Å². The van der Waals surface area contributed by atoms with Gasteiger partial charge in [-0.2, -0.15) is 0 Å². The van der Waals surface area contributed by atoms with Crippen molar-refractivity contribution >= 4 is 0 Å². The lowest BCUT2D eigenvalue weighted by atomic mass is 9.89. The molecule has 2 aliphatic rings. The fraction of sp³-hybridized carbons (Fsp3) is 0.625. The van der Waals surface area contributed by atoms with E-state index in [1.807, 2.05) is 12.1 Å². The molecule has 1 saturated heterocycles. The third-order valence-electron chi connectivity index (χ3n) is 4.16. The van der Waals surface area contributed by atoms with Gasteiger partial charge in [0, 0.05) is 0 Å². The minimum Gasteiger partial charge on any atom is -0.491 e. The van der Waals surface area contributed by atoms with E-state index in [-0.39, 0.29) is 12.2 Å². The van der Waals surface area contributed by atoms with E-state index in [1.54, 1.807) is 0 Å². The lowest BCUT2D eigenvalue weighted by Gasteiger charge is -2.22. The molecule has 0 aromatic heterocycles. The van der Waals surface area contributed by atoms with Crippen LogP contribution in [0.15, 0.2) is 18.2 Å². The fourth-order valence-electron chi connectivity index (χ4n) is 3.04. The van der Waals surface area contributed by atoms with Crippen LogP contribution in [0, 0.1) is 0 Å². The largest absolute Gasteiger partial charge is 0.491 e. The second kappa shape index (κ2) is 5.51. The fourth-order valence-corrected chi connectivity index (χ4v) is 3.04. The van der Waals surface area contributed by atoms with Gasteiger partial charge in [0.1, 0.15) is 12.4 Å². The predicted molar refractivity (Wildman–Crippen MR) is 73.4 cm³/mol. The third-order valence-corrected chi connectivity index (χ3v) is 4.16. The summed E-state index contributed by atoms with van der Waals surface area (Å²) in [7, 11) is 0. The molecular formula is C16H22O3. The average molecular weight is 262 g/mol. The Labute approximate surface area is 114 Å². The van der Waals surface area contributed by atoms with Gasteiger partial charge >= 0.3 is 0 Å². The molecule has 1 aliphatic heterocycles. The highest BCUT2D eigenvalue weighted by molar-refractivity contribution is 5.38. The normalized spacial score (nSPS) is 30.1. The van der Waals surface area contributed by atoms with Gasteiger partial charge < -0.3 is 14.6 Å². The van der Waals surface area contributed by atoms with Gasteiger partial charge in [-0.25, -0.2) is 0 Å². The molecule has 1 N–H and O–H groups in total. The molecule has 3 atom stereocenters. The van der Waals surface area contributed by atoms with Crippen LogP contribution in [-0.2, 0) is 11.2 Å². The molecule has 104 valence electrons. The van der Waals surface area contributed by atoms with E-state index in [9.17, 15) is 5.11 Å². The predicted octanol–water partition coefficient (Wildman–Crippen LogP) is 3.00. The van der Waals surface area contributed by atoms with Crippen molar-refractivity contribution in [2.24, 2.45) is 0 Å². The van der Waals surface area contributed by atoms with Crippen LogP contribution >= 0.6 is 0 Å². The zero-order valence-corrected chi connectivity index (χ0v) is 11.5. The van der Waals surface area contributed by atoms with Crippen molar-refractivity contribution in [2.75, 3.05) is 6.61 Å². The first kappa shape index (κ1) is 12.9. The van der Waals surface area contributed by atoms with E-state index >= 15 is 0 Å². The Hall–Kier alpha value is -1.06. The van der Waals surface area contributed by atoms with Crippen LogP contribution in [0.25, 0.3) is 0 Å². The highest BCUT2D eigenvalue weighted by Gasteiger charge is 2.23. The molecule has 19 heavy (non-hydrogen) atoms. The van der Waals surface area contributed by atoms with Crippen LogP contribution in [0.5, 0.6) is 5.75 Å². The summed E-state index contributed by atoms with van der Waals surface area (Å²) in [5.41, 5.74) is 2.31. The van der Waals surface area contributed by atoms with Crippen LogP contribution in [0.3, 0.4) is 0 Å². The van der Waals surface area contributed by atoms with E-state index in [0.717, 1.165) is 43.4 Å². The molecule has 0 saturated carbocycles. The molecular weight excluding hydrogens is 240 g/mol. The number of aryl methyl sites for hydroxylation is 1. The van der Waals surface area contributed by atoms with Crippen LogP contribution in [0.4, 0.5) is 0 Å². The minimum absolute atomic E-state index is 0.218. The number of hydrogen-bond donors (Lipinski definition) is 1. The van der Waals surface area contributed by atoms with E-state index in [2.05, 4.69) is 13.0 Å². The second-order valence-corrected chi connectivity index (χ2v) is 5.73. The van der Waals surface area contributed by atoms with Crippen molar-refractivity contribution in [1.29, 1.82) is 0 Å². The summed E-state index contributed by atoms with van der Waals surface area (Å²) < 4.78 is 11.6. The van der Waals surface area contributed by atoms with Crippen molar-refractivity contribution < 1.29 is 14.6 Å². The summed E-state index contributed by atoms with van der Waals surface area (Å²) in [6, 6.07) is 6.10. The average Bonchev–Trinajstić information content (AvgIpc) is 2.83. The van der Waals surface area contributed by atoms with Gasteiger partial charge in [0.25, 0.3) is 0 Å². The Kier molecular flexibility index (Phi) is 3.76. The number of aliphatic hydroxyl groups is 1. The van der Waals surface area contributed by atoms with Crippen LogP contribution in [0.2, 0.25) is 0 Å². The van der Waals surface area contributed by atoms with Gasteiger partial charge in [0.2, 0.25) is 0 Å². The number of fused-ring (bicyclic) bond motifs is 1. The number of hydrogen-bond acceptors (Lipinski definition) is 3. The summed E-state index contributed by atoms with van der Waals surface area (Å²) in [6.45, 7) is 2.72. The molecule has 1 heterocycles. The number of ether oxygens (including phenoxy) is 2. The quantitative estimate of drug-likeness (QED) is 0.910. The van der Waals surface area contributed by atoms with E-state index in [4.69, 9.17) is 9.47 Å². The topological polar surface area (TPSA) is 38.7 Å². The Balaban J connectivity index is 1.63. The van der Waals surface area contributed by atoms with Gasteiger partial charge in [0.05, 0.1) is 18.3 Å². The molecule has 3 rings (SSSR count). The van der Waals surface area contributed by atoms with Gasteiger partial charge in [-0.15, -0.1) is 0 Å². The summed E-state index contributed by atoms with van der Waals surface area (Å²) >= 11 is 0. The Morgan fingerprint density at radius 3 is 3.00 bits per heavy atom. The molecule has 3 heteroatoms. The molecule has 3 nitrogen and oxygen atoms in total. The molecule has 0 amide bonds. The van der Waals surface area contributed by atoms with Gasteiger partial charge in [0.15, 0.2) is 0 Å². The molecule has 1 aliphatic carbocycles. The summed E-state index contributed by atoms with van der Waals surface area (Å²) in [4.78, 5) is 0. The van der Waals surface area contributed by atoms with Crippen LogP contribution in [-0.4, -0.2) is 23.9 Å². The smallest absolute Gasteiger partial charge is 0.119 e. The van der Waals surface area contributed by atoms with Crippen LogP contribution < -0.4 is 4.74 Å². The third kappa shape index (κ3) is 2.93. The van der Waals surface area contributed by atoms with Gasteiger partial charge in [-0.1, -0.05) is 6.07 Å². The maximum absolute atomic E-state index is 10.0. The number of benzene rings is 1. The minimum atomic E-state index is -0.324. The lowest BCUT2D eigenvalue weighted by Crippen LogP contribution is -2.18. The number of rotatable bonds is 3. The molecule has 1 aromatic rings. The van der Waals surface area contributed by atoms with Crippen molar-refractivity contribution in [1.82, 2.24) is 0 Å². The van der Waals surface area contributed by atoms with Gasteiger partial charge in [-0.05, 0) is 62.3 Å². The lowest BCUT2D eigenvalue weighted by molar-refractivity contribution is 0.0264. The first-order valence-electron chi connectivity index (χ1n) is 7.31. The van der Waals surface area contributed by atoms with Crippen molar-refractivity contribution in [3.8, 4) is 5.75 Å². The van der Waals surface area contributed by atoms with Crippen molar-refractivity contribution in [3.05, 3.63) is 29.3 Å². The Morgan fingerprint density at radius 2 is 2.21 bits per heavy atom. The highest BCUT2D eigenvalue weighted by atomic mass is 16.5. The SMILES string of the molecule is CC1CCC(COc2ccc3c(c2)[C@H](O)CCC3)O1. The molecule has 1 aromatic carbocycles.